The van der Waals surface area contributed by atoms with Crippen molar-refractivity contribution in [3.63, 3.8) is 0 Å². The van der Waals surface area contributed by atoms with Gasteiger partial charge in [0.25, 0.3) is 0 Å². The summed E-state index contributed by atoms with van der Waals surface area (Å²) in [6.45, 7) is 9.57. The molecule has 0 fully saturated rings. The van der Waals surface area contributed by atoms with E-state index in [9.17, 15) is 43.2 Å². The van der Waals surface area contributed by atoms with E-state index in [0.29, 0.717) is 25.7 Å². The molecule has 0 rings (SSSR count). The SMILES string of the molecule is CCCCCCCCCCCCCCCCCCCCCCC(=O)OC[C@H](COP(=O)(O)OC[C@@H](O)COP(=O)(O)OC[C@@H](COC(=O)CCCCCCCCCC)OC(=O)CCCCCCCCC(C)CC)OC(=O)CCCCCCCCCCCCCCCCCCCCC(C)C. The number of hydrogen-bond donors (Lipinski definition) is 3. The van der Waals surface area contributed by atoms with Gasteiger partial charge in [0.15, 0.2) is 12.2 Å². The van der Waals surface area contributed by atoms with E-state index in [4.69, 9.17) is 37.0 Å². The summed E-state index contributed by atoms with van der Waals surface area (Å²) < 4.78 is 68.5. The summed E-state index contributed by atoms with van der Waals surface area (Å²) >= 11 is 0. The number of carbonyl (C=O) groups is 4. The van der Waals surface area contributed by atoms with Gasteiger partial charge in [0, 0.05) is 25.7 Å². The fourth-order valence-electron chi connectivity index (χ4n) is 12.3. The lowest BCUT2D eigenvalue weighted by Gasteiger charge is -2.21. The molecule has 0 aliphatic carbocycles. The maximum atomic E-state index is 13.1. The second kappa shape index (κ2) is 71.7. The van der Waals surface area contributed by atoms with Crippen LogP contribution in [0.15, 0.2) is 0 Å². The Morgan fingerprint density at radius 1 is 0.293 bits per heavy atom. The van der Waals surface area contributed by atoms with E-state index in [-0.39, 0.29) is 25.7 Å². The highest BCUT2D eigenvalue weighted by Crippen LogP contribution is 2.45. The number of hydrogen-bond acceptors (Lipinski definition) is 15. The number of phosphoric ester groups is 2. The molecule has 0 bridgehead atoms. The van der Waals surface area contributed by atoms with Crippen molar-refractivity contribution in [1.29, 1.82) is 0 Å². The van der Waals surface area contributed by atoms with E-state index in [2.05, 4.69) is 41.5 Å². The molecule has 588 valence electrons. The van der Waals surface area contributed by atoms with E-state index in [0.717, 1.165) is 108 Å². The number of phosphoric acid groups is 2. The van der Waals surface area contributed by atoms with Crippen molar-refractivity contribution in [3.8, 4) is 0 Å². The minimum absolute atomic E-state index is 0.103. The van der Waals surface area contributed by atoms with Gasteiger partial charge in [0.2, 0.25) is 0 Å². The summed E-state index contributed by atoms with van der Waals surface area (Å²) in [5.74, 6) is -0.577. The predicted molar refractivity (Wildman–Crippen MR) is 405 cm³/mol. The smallest absolute Gasteiger partial charge is 0.462 e. The van der Waals surface area contributed by atoms with Crippen LogP contribution in [0.4, 0.5) is 0 Å². The Bertz CT molecular complexity index is 1910. The van der Waals surface area contributed by atoms with Crippen LogP contribution in [0, 0.1) is 11.8 Å². The molecule has 19 heteroatoms. The lowest BCUT2D eigenvalue weighted by molar-refractivity contribution is -0.161. The molecule has 0 aliphatic heterocycles. The van der Waals surface area contributed by atoms with E-state index in [1.54, 1.807) is 0 Å². The van der Waals surface area contributed by atoms with E-state index < -0.39 is 97.5 Å². The average molecular weight is 1450 g/mol. The molecule has 99 heavy (non-hydrogen) atoms. The van der Waals surface area contributed by atoms with Crippen LogP contribution in [0.1, 0.15) is 420 Å². The van der Waals surface area contributed by atoms with Crippen molar-refractivity contribution in [2.24, 2.45) is 11.8 Å². The molecule has 0 heterocycles. The first-order chi connectivity index (χ1) is 47.9. The normalized spacial score (nSPS) is 14.2. The molecule has 17 nitrogen and oxygen atoms in total. The topological polar surface area (TPSA) is 237 Å². The van der Waals surface area contributed by atoms with Crippen LogP contribution < -0.4 is 0 Å². The van der Waals surface area contributed by atoms with Gasteiger partial charge in [-0.3, -0.25) is 37.3 Å². The third-order valence-electron chi connectivity index (χ3n) is 19.1. The average Bonchev–Trinajstić information content (AvgIpc) is 1.77. The van der Waals surface area contributed by atoms with Crippen LogP contribution in [-0.4, -0.2) is 96.7 Å². The van der Waals surface area contributed by atoms with Crippen molar-refractivity contribution in [3.05, 3.63) is 0 Å². The molecule has 0 amide bonds. The third-order valence-corrected chi connectivity index (χ3v) is 21.0. The van der Waals surface area contributed by atoms with Crippen LogP contribution in [0.25, 0.3) is 0 Å². The van der Waals surface area contributed by atoms with Crippen LogP contribution in [-0.2, 0) is 65.4 Å². The highest BCUT2D eigenvalue weighted by molar-refractivity contribution is 7.47. The number of aliphatic hydroxyl groups excluding tert-OH is 1. The fraction of sp³-hybridized carbons (Fsp3) is 0.950. The van der Waals surface area contributed by atoms with Gasteiger partial charge in [0.1, 0.15) is 19.3 Å². The molecule has 0 spiro atoms. The molecule has 0 saturated heterocycles. The van der Waals surface area contributed by atoms with Crippen molar-refractivity contribution in [2.45, 2.75) is 439 Å². The Morgan fingerprint density at radius 3 is 0.768 bits per heavy atom. The Kier molecular flexibility index (Phi) is 70.3. The number of carbonyl (C=O) groups excluding carboxylic acids is 4. The highest BCUT2D eigenvalue weighted by atomic mass is 31.2. The van der Waals surface area contributed by atoms with Crippen LogP contribution in [0.5, 0.6) is 0 Å². The lowest BCUT2D eigenvalue weighted by Crippen LogP contribution is -2.30. The fourth-order valence-corrected chi connectivity index (χ4v) is 13.9. The molecule has 0 radical (unpaired) electrons. The van der Waals surface area contributed by atoms with Gasteiger partial charge in [-0.2, -0.15) is 0 Å². The van der Waals surface area contributed by atoms with Crippen molar-refractivity contribution < 1.29 is 80.2 Å². The van der Waals surface area contributed by atoms with Gasteiger partial charge in [-0.1, -0.05) is 369 Å². The molecule has 6 atom stereocenters. The number of ether oxygens (including phenoxy) is 4. The second-order valence-corrected chi connectivity index (χ2v) is 32.4. The predicted octanol–water partition coefficient (Wildman–Crippen LogP) is 23.9. The molecule has 3 unspecified atom stereocenters. The van der Waals surface area contributed by atoms with Gasteiger partial charge in [-0.05, 0) is 37.5 Å². The number of rotatable bonds is 79. The van der Waals surface area contributed by atoms with Gasteiger partial charge >= 0.3 is 39.5 Å². The van der Waals surface area contributed by atoms with Crippen LogP contribution in [0.3, 0.4) is 0 Å². The monoisotopic (exact) mass is 1450 g/mol. The molecule has 0 saturated carbocycles. The summed E-state index contributed by atoms with van der Waals surface area (Å²) in [5.41, 5.74) is 0. The first-order valence-corrected chi connectivity index (χ1v) is 44.5. The molecule has 0 aliphatic rings. The molecule has 0 aromatic heterocycles. The summed E-state index contributed by atoms with van der Waals surface area (Å²) in [5, 5.41) is 10.6. The Hall–Kier alpha value is -1.94. The number of esters is 4. The Balaban J connectivity index is 5.16. The quantitative estimate of drug-likeness (QED) is 0.0222. The summed E-state index contributed by atoms with van der Waals surface area (Å²) in [7, 11) is -9.91. The molecule has 0 aromatic rings. The van der Waals surface area contributed by atoms with Gasteiger partial charge in [0.05, 0.1) is 26.4 Å². The van der Waals surface area contributed by atoms with Gasteiger partial charge in [-0.15, -0.1) is 0 Å². The standard InChI is InChI=1S/C80H156O17P2/c1-7-10-12-14-16-18-19-20-21-22-23-24-28-31-34-37-40-44-51-57-63-78(83)91-68-75(96-79(84)64-58-52-45-41-38-35-32-29-26-25-27-30-33-36-39-42-48-54-60-72(4)5)70-94-98(86,87)92-66-74(81)67-93-99(88,89)95-71-76(69-90-77(82)62-56-50-43-17-15-13-11-8-2)97-80(85)65-59-53-47-46-49-55-61-73(6)9-3/h72-76,81H,7-71H2,1-6H3,(H,86,87)(H,88,89)/t73?,74-,75-,76-/m1/s1. The van der Waals surface area contributed by atoms with E-state index in [1.165, 1.54) is 231 Å². The summed E-state index contributed by atoms with van der Waals surface area (Å²) in [6.07, 6.45) is 61.4. The number of aliphatic hydroxyl groups is 1. The molecular weight excluding hydrogens is 1290 g/mol. The molecule has 3 N–H and O–H groups in total. The minimum atomic E-state index is -4.96. The second-order valence-electron chi connectivity index (χ2n) is 29.5. The van der Waals surface area contributed by atoms with E-state index >= 15 is 0 Å². The van der Waals surface area contributed by atoms with Gasteiger partial charge in [-0.25, -0.2) is 9.13 Å². The molecular formula is C80H156O17P2. The third kappa shape index (κ3) is 72.8. The molecule has 0 aromatic carbocycles. The largest absolute Gasteiger partial charge is 0.472 e. The first-order valence-electron chi connectivity index (χ1n) is 41.5. The highest BCUT2D eigenvalue weighted by Gasteiger charge is 2.30. The van der Waals surface area contributed by atoms with Crippen molar-refractivity contribution in [2.75, 3.05) is 39.6 Å². The minimum Gasteiger partial charge on any atom is -0.462 e. The van der Waals surface area contributed by atoms with Crippen LogP contribution >= 0.6 is 15.6 Å². The zero-order valence-electron chi connectivity index (χ0n) is 64.8. The number of unbranched alkanes of at least 4 members (excludes halogenated alkanes) is 48. The maximum Gasteiger partial charge on any atom is 0.472 e. The lowest BCUT2D eigenvalue weighted by atomic mass is 10.00. The van der Waals surface area contributed by atoms with Crippen LogP contribution in [0.2, 0.25) is 0 Å². The van der Waals surface area contributed by atoms with Crippen molar-refractivity contribution in [1.82, 2.24) is 0 Å². The summed E-state index contributed by atoms with van der Waals surface area (Å²) in [4.78, 5) is 72.8. The Morgan fingerprint density at radius 2 is 0.515 bits per heavy atom. The zero-order chi connectivity index (χ0) is 72.8. The first kappa shape index (κ1) is 97.1. The van der Waals surface area contributed by atoms with Crippen molar-refractivity contribution >= 4 is 39.5 Å². The maximum absolute atomic E-state index is 13.1. The van der Waals surface area contributed by atoms with E-state index in [1.807, 2.05) is 0 Å². The zero-order valence-corrected chi connectivity index (χ0v) is 66.6. The summed E-state index contributed by atoms with van der Waals surface area (Å²) in [6, 6.07) is 0. The Labute approximate surface area is 607 Å². The van der Waals surface area contributed by atoms with Gasteiger partial charge < -0.3 is 33.8 Å².